The molecule has 0 bridgehead atoms. The molecule has 1 aliphatic rings. The van der Waals surface area contributed by atoms with Gasteiger partial charge in [-0.15, -0.1) is 11.6 Å². The van der Waals surface area contributed by atoms with Gasteiger partial charge in [0.05, 0.1) is 42.3 Å². The van der Waals surface area contributed by atoms with Crippen molar-refractivity contribution in [3.8, 4) is 11.5 Å². The van der Waals surface area contributed by atoms with Crippen molar-refractivity contribution in [2.45, 2.75) is 58.4 Å². The number of hydrogen-bond donors (Lipinski definition) is 1. The molecule has 3 amide bonds. The monoisotopic (exact) mass is 592 g/mol. The summed E-state index contributed by atoms with van der Waals surface area (Å²) in [5, 5.41) is 2.76. The third-order valence-electron chi connectivity index (χ3n) is 6.66. The Labute approximate surface area is 241 Å². The number of imide groups is 1. The molecular weight excluding hydrogens is 556 g/mol. The Bertz CT molecular complexity index is 1360. The molecule has 11 heteroatoms. The fourth-order valence-corrected chi connectivity index (χ4v) is 5.87. The summed E-state index contributed by atoms with van der Waals surface area (Å²) in [6.45, 7) is 4.20. The van der Waals surface area contributed by atoms with Gasteiger partial charge in [-0.05, 0) is 55.5 Å². The van der Waals surface area contributed by atoms with Crippen molar-refractivity contribution >= 4 is 44.8 Å². The lowest BCUT2D eigenvalue weighted by Gasteiger charge is -2.27. The number of aryl methyl sites for hydroxylation is 1. The van der Waals surface area contributed by atoms with Crippen LogP contribution >= 0.6 is 11.6 Å². The van der Waals surface area contributed by atoms with Crippen LogP contribution in [0, 0.1) is 0 Å². The average molecular weight is 593 g/mol. The Hall–Kier alpha value is -3.11. The summed E-state index contributed by atoms with van der Waals surface area (Å²) < 4.78 is 36.2. The number of alkyl halides is 1. The number of benzene rings is 2. The number of nitrogens with zero attached hydrogens (tertiary/aromatic N) is 1. The number of sulfone groups is 1. The molecule has 0 saturated carbocycles. The number of amides is 3. The van der Waals surface area contributed by atoms with E-state index in [0.29, 0.717) is 48.0 Å². The van der Waals surface area contributed by atoms with E-state index >= 15 is 0 Å². The molecule has 0 aliphatic carbocycles. The van der Waals surface area contributed by atoms with Gasteiger partial charge in [0.1, 0.15) is 9.84 Å². The van der Waals surface area contributed by atoms with Gasteiger partial charge in [-0.3, -0.25) is 19.3 Å². The summed E-state index contributed by atoms with van der Waals surface area (Å²) in [5.74, 6) is -0.954. The minimum Gasteiger partial charge on any atom is -0.493 e. The molecule has 218 valence electrons. The summed E-state index contributed by atoms with van der Waals surface area (Å²) in [7, 11) is -2.17. The second-order valence-corrected chi connectivity index (χ2v) is 12.3. The first-order chi connectivity index (χ1) is 19.1. The first-order valence-electron chi connectivity index (χ1n) is 13.4. The lowest BCUT2D eigenvalue weighted by molar-refractivity contribution is -0.116. The maximum atomic E-state index is 14.0. The number of methoxy groups -OCH3 is 1. The Morgan fingerprint density at radius 1 is 1.02 bits per heavy atom. The number of fused-ring (bicyclic) bond motifs is 1. The van der Waals surface area contributed by atoms with Gasteiger partial charge in [-0.25, -0.2) is 8.42 Å². The smallest absolute Gasteiger partial charge is 0.264 e. The van der Waals surface area contributed by atoms with Crippen LogP contribution in [0.4, 0.5) is 5.69 Å². The molecule has 0 radical (unpaired) electrons. The quantitative estimate of drug-likeness (QED) is 0.172. The van der Waals surface area contributed by atoms with Crippen molar-refractivity contribution in [3.63, 3.8) is 0 Å². The third kappa shape index (κ3) is 7.34. The van der Waals surface area contributed by atoms with Crippen molar-refractivity contribution in [3.05, 3.63) is 52.6 Å². The molecule has 0 saturated heterocycles. The molecule has 9 nitrogen and oxygen atoms in total. The fourth-order valence-electron chi connectivity index (χ4n) is 4.82. The SMILES string of the molecule is CCCCCc1ccc(NC(=O)CCCCl)c2c1C(=O)N([C@H](CS(C)(=O)=O)c1ccc(OC)c(OCC)c1)C2=O. The molecule has 0 aromatic heterocycles. The van der Waals surface area contributed by atoms with E-state index in [-0.39, 0.29) is 29.1 Å². The maximum absolute atomic E-state index is 14.0. The number of unbranched alkanes of at least 4 members (excludes halogenated alkanes) is 2. The van der Waals surface area contributed by atoms with Crippen molar-refractivity contribution in [2.24, 2.45) is 0 Å². The minimum absolute atomic E-state index is 0.0790. The van der Waals surface area contributed by atoms with Crippen LogP contribution < -0.4 is 14.8 Å². The second-order valence-electron chi connectivity index (χ2n) is 9.75. The number of rotatable bonds is 15. The predicted octanol–water partition coefficient (Wildman–Crippen LogP) is 5.17. The zero-order valence-electron chi connectivity index (χ0n) is 23.4. The molecule has 1 heterocycles. The van der Waals surface area contributed by atoms with Crippen molar-refractivity contribution in [2.75, 3.05) is 36.9 Å². The van der Waals surface area contributed by atoms with Crippen molar-refractivity contribution in [1.82, 2.24) is 4.90 Å². The van der Waals surface area contributed by atoms with E-state index in [1.165, 1.54) is 7.11 Å². The Kier molecular flexibility index (Phi) is 11.0. The first kappa shape index (κ1) is 31.4. The Morgan fingerprint density at radius 3 is 2.38 bits per heavy atom. The fraction of sp³-hybridized carbons (Fsp3) is 0.483. The van der Waals surface area contributed by atoms with Gasteiger partial charge < -0.3 is 14.8 Å². The van der Waals surface area contributed by atoms with E-state index in [9.17, 15) is 22.8 Å². The van der Waals surface area contributed by atoms with E-state index < -0.39 is 33.4 Å². The largest absolute Gasteiger partial charge is 0.493 e. The number of nitrogens with one attached hydrogen (secondary N) is 1. The number of carbonyl (C=O) groups is 3. The summed E-state index contributed by atoms with van der Waals surface area (Å²) in [6, 6.07) is 7.10. The number of halogens is 1. The highest BCUT2D eigenvalue weighted by atomic mass is 35.5. The zero-order valence-corrected chi connectivity index (χ0v) is 25.0. The second kappa shape index (κ2) is 14.0. The summed E-state index contributed by atoms with van der Waals surface area (Å²) in [4.78, 5) is 41.6. The van der Waals surface area contributed by atoms with Crippen LogP contribution in [0.1, 0.15) is 83.8 Å². The van der Waals surface area contributed by atoms with Gasteiger partial charge in [0.25, 0.3) is 11.8 Å². The van der Waals surface area contributed by atoms with Crippen molar-refractivity contribution < 1.29 is 32.3 Å². The van der Waals surface area contributed by atoms with Gasteiger partial charge in [0.2, 0.25) is 5.91 Å². The van der Waals surface area contributed by atoms with Gasteiger partial charge in [-0.1, -0.05) is 31.9 Å². The van der Waals surface area contributed by atoms with Gasteiger partial charge in [0.15, 0.2) is 11.5 Å². The number of carbonyl (C=O) groups excluding carboxylic acids is 3. The molecule has 2 aromatic carbocycles. The van der Waals surface area contributed by atoms with E-state index in [0.717, 1.165) is 30.4 Å². The molecule has 0 fully saturated rings. The summed E-state index contributed by atoms with van der Waals surface area (Å²) >= 11 is 5.73. The highest BCUT2D eigenvalue weighted by Gasteiger charge is 2.44. The summed E-state index contributed by atoms with van der Waals surface area (Å²) in [5.41, 5.74) is 1.59. The van der Waals surface area contributed by atoms with Gasteiger partial charge >= 0.3 is 0 Å². The molecule has 40 heavy (non-hydrogen) atoms. The molecule has 0 spiro atoms. The van der Waals surface area contributed by atoms with E-state index in [2.05, 4.69) is 12.2 Å². The topological polar surface area (TPSA) is 119 Å². The van der Waals surface area contributed by atoms with Crippen LogP contribution in [0.15, 0.2) is 30.3 Å². The number of anilines is 1. The molecule has 2 aromatic rings. The van der Waals surface area contributed by atoms with Crippen LogP contribution in [0.2, 0.25) is 0 Å². The van der Waals surface area contributed by atoms with E-state index in [4.69, 9.17) is 21.1 Å². The van der Waals surface area contributed by atoms with Crippen molar-refractivity contribution in [1.29, 1.82) is 0 Å². The standard InChI is InChI=1S/C29H37ClN2O7S/c1-5-7-8-10-19-12-14-21(31-25(33)11-9-16-30)27-26(19)28(34)32(29(27)35)22(18-40(4,36)37)20-13-15-23(38-3)24(17-20)39-6-2/h12-15,17,22H,5-11,16,18H2,1-4H3,(H,31,33)/t22-/m1/s1. The molecule has 1 aliphatic heterocycles. The third-order valence-corrected chi connectivity index (χ3v) is 7.85. The number of hydrogen-bond acceptors (Lipinski definition) is 7. The lowest BCUT2D eigenvalue weighted by atomic mass is 9.96. The van der Waals surface area contributed by atoms with Crippen LogP contribution in [0.25, 0.3) is 0 Å². The van der Waals surface area contributed by atoms with Gasteiger partial charge in [0, 0.05) is 18.6 Å². The first-order valence-corrected chi connectivity index (χ1v) is 16.0. The normalized spacial score (nSPS) is 13.8. The highest BCUT2D eigenvalue weighted by molar-refractivity contribution is 7.90. The van der Waals surface area contributed by atoms with Crippen LogP contribution in [-0.2, 0) is 21.1 Å². The Balaban J connectivity index is 2.15. The predicted molar refractivity (Wildman–Crippen MR) is 155 cm³/mol. The highest BCUT2D eigenvalue weighted by Crippen LogP contribution is 2.40. The number of ether oxygens (including phenoxy) is 2. The van der Waals surface area contributed by atoms with Gasteiger partial charge in [-0.2, -0.15) is 0 Å². The molecule has 1 atom stereocenters. The maximum Gasteiger partial charge on any atom is 0.264 e. The zero-order chi connectivity index (χ0) is 29.4. The van der Waals surface area contributed by atoms with Crippen LogP contribution in [0.5, 0.6) is 11.5 Å². The lowest BCUT2D eigenvalue weighted by Crippen LogP contribution is -2.38. The molecule has 1 N–H and O–H groups in total. The van der Waals surface area contributed by atoms with E-state index in [1.807, 2.05) is 0 Å². The Morgan fingerprint density at radius 2 is 1.75 bits per heavy atom. The molecule has 3 rings (SSSR count). The van der Waals surface area contributed by atoms with E-state index in [1.54, 1.807) is 37.3 Å². The van der Waals surface area contributed by atoms with Crippen LogP contribution in [-0.4, -0.2) is 62.6 Å². The molecule has 0 unspecified atom stereocenters. The minimum atomic E-state index is -3.65. The van der Waals surface area contributed by atoms with Crippen LogP contribution in [0.3, 0.4) is 0 Å². The molecular formula is C29H37ClN2O7S. The summed E-state index contributed by atoms with van der Waals surface area (Å²) in [6.07, 6.45) is 4.98. The average Bonchev–Trinajstić information content (AvgIpc) is 3.17.